The molecule has 2 aromatic heterocycles. The summed E-state index contributed by atoms with van der Waals surface area (Å²) in [7, 11) is 0. The maximum Gasteiger partial charge on any atom is 0.232 e. The molecule has 1 aliphatic rings. The number of carbonyl (C=O) groups is 2. The molecule has 0 saturated heterocycles. The predicted octanol–water partition coefficient (Wildman–Crippen LogP) is 4.39. The first kappa shape index (κ1) is 17.8. The van der Waals surface area contributed by atoms with Crippen molar-refractivity contribution in [1.82, 2.24) is 4.57 Å². The van der Waals surface area contributed by atoms with E-state index in [4.69, 9.17) is 4.99 Å². The Morgan fingerprint density at radius 2 is 1.92 bits per heavy atom. The second-order valence-electron chi connectivity index (χ2n) is 6.58. The van der Waals surface area contributed by atoms with Gasteiger partial charge in [-0.1, -0.05) is 25.3 Å². The molecule has 1 saturated carbocycles. The predicted molar refractivity (Wildman–Crippen MR) is 100 cm³/mol. The summed E-state index contributed by atoms with van der Waals surface area (Å²) in [5.41, 5.74) is 0.707. The van der Waals surface area contributed by atoms with Gasteiger partial charge < -0.3 is 0 Å². The van der Waals surface area contributed by atoms with Crippen molar-refractivity contribution in [2.45, 2.75) is 57.9 Å². The highest BCUT2D eigenvalue weighted by molar-refractivity contribution is 7.14. The Balaban J connectivity index is 1.69. The van der Waals surface area contributed by atoms with E-state index in [2.05, 4.69) is 0 Å². The maximum atomic E-state index is 12.6. The Hall–Kier alpha value is -2.01. The molecule has 5 heteroatoms. The average molecular weight is 356 g/mol. The number of carbonyl (C=O) groups excluding carboxylic acids is 2. The number of hydrogen-bond acceptors (Lipinski definition) is 4. The van der Waals surface area contributed by atoms with Gasteiger partial charge in [-0.2, -0.15) is 0 Å². The summed E-state index contributed by atoms with van der Waals surface area (Å²) in [6, 6.07) is 9.72. The normalized spacial score (nSPS) is 16.1. The van der Waals surface area contributed by atoms with Gasteiger partial charge in [0.05, 0.1) is 10.9 Å². The van der Waals surface area contributed by atoms with Crippen molar-refractivity contribution in [3.05, 3.63) is 51.8 Å². The first-order chi connectivity index (χ1) is 12.1. The van der Waals surface area contributed by atoms with Crippen molar-refractivity contribution >= 4 is 23.0 Å². The lowest BCUT2D eigenvalue weighted by atomic mass is 9.96. The summed E-state index contributed by atoms with van der Waals surface area (Å²) in [5, 5.41) is 0. The molecular formula is C20H24N2O2S. The van der Waals surface area contributed by atoms with E-state index in [0.717, 1.165) is 22.6 Å². The number of rotatable bonds is 5. The highest BCUT2D eigenvalue weighted by Gasteiger charge is 2.14. The minimum absolute atomic E-state index is 0.0359. The van der Waals surface area contributed by atoms with E-state index in [-0.39, 0.29) is 24.5 Å². The van der Waals surface area contributed by atoms with Gasteiger partial charge in [0.15, 0.2) is 5.78 Å². The molecule has 2 heterocycles. The van der Waals surface area contributed by atoms with Gasteiger partial charge in [-0.05, 0) is 44.0 Å². The molecule has 1 aliphatic carbocycles. The minimum Gasteiger partial charge on any atom is -0.293 e. The molecule has 0 atom stereocenters. The van der Waals surface area contributed by atoms with E-state index in [9.17, 15) is 9.59 Å². The van der Waals surface area contributed by atoms with Crippen molar-refractivity contribution in [2.24, 2.45) is 4.99 Å². The lowest BCUT2D eigenvalue weighted by Crippen LogP contribution is -2.29. The average Bonchev–Trinajstić information content (AvgIpc) is 3.07. The molecule has 0 aromatic carbocycles. The number of ketones is 1. The Bertz CT molecular complexity index is 813. The highest BCUT2D eigenvalue weighted by Crippen LogP contribution is 2.20. The van der Waals surface area contributed by atoms with Gasteiger partial charge in [0.2, 0.25) is 5.91 Å². The second kappa shape index (κ2) is 8.39. The number of hydrogen-bond donors (Lipinski definition) is 0. The Morgan fingerprint density at radius 3 is 2.64 bits per heavy atom. The van der Waals surface area contributed by atoms with Crippen molar-refractivity contribution in [2.75, 3.05) is 0 Å². The van der Waals surface area contributed by atoms with Gasteiger partial charge in [-0.15, -0.1) is 11.3 Å². The van der Waals surface area contributed by atoms with Crippen LogP contribution in [0.2, 0.25) is 0 Å². The topological polar surface area (TPSA) is 51.4 Å². The third-order valence-electron chi connectivity index (χ3n) is 4.58. The van der Waals surface area contributed by atoms with Gasteiger partial charge in [0, 0.05) is 23.9 Å². The van der Waals surface area contributed by atoms with Gasteiger partial charge >= 0.3 is 0 Å². The number of aromatic nitrogens is 1. The van der Waals surface area contributed by atoms with E-state index >= 15 is 0 Å². The molecule has 4 nitrogen and oxygen atoms in total. The van der Waals surface area contributed by atoms with Crippen LogP contribution in [-0.4, -0.2) is 22.3 Å². The monoisotopic (exact) mass is 356 g/mol. The van der Waals surface area contributed by atoms with Crippen LogP contribution < -0.4 is 5.49 Å². The summed E-state index contributed by atoms with van der Waals surface area (Å²) in [4.78, 5) is 31.5. The molecule has 0 amide bonds. The van der Waals surface area contributed by atoms with E-state index < -0.39 is 0 Å². The molecule has 0 aliphatic heterocycles. The van der Waals surface area contributed by atoms with Crippen LogP contribution in [-0.2, 0) is 0 Å². The number of Topliss-reactive ketones (excluding diaryl/α,β-unsaturated/α-hetero) is 1. The fraction of sp³-hybridized carbons (Fsp3) is 0.450. The lowest BCUT2D eigenvalue weighted by Gasteiger charge is -2.17. The summed E-state index contributed by atoms with van der Waals surface area (Å²) in [6.45, 7) is 1.98. The molecule has 0 bridgehead atoms. The van der Waals surface area contributed by atoms with Crippen LogP contribution in [0.3, 0.4) is 0 Å². The van der Waals surface area contributed by atoms with E-state index in [1.54, 1.807) is 10.8 Å². The molecule has 3 rings (SSSR count). The van der Waals surface area contributed by atoms with E-state index in [0.29, 0.717) is 11.5 Å². The Morgan fingerprint density at radius 1 is 1.12 bits per heavy atom. The molecular weight excluding hydrogens is 332 g/mol. The molecule has 0 unspecified atom stereocenters. The summed E-state index contributed by atoms with van der Waals surface area (Å²) >= 11 is 1.48. The molecule has 0 N–H and O–H groups in total. The second-order valence-corrected chi connectivity index (χ2v) is 7.86. The number of aryl methyl sites for hydroxylation is 1. The molecule has 2 aromatic rings. The zero-order valence-electron chi connectivity index (χ0n) is 14.6. The molecule has 1 fully saturated rings. The number of thiophene rings is 1. The van der Waals surface area contributed by atoms with Crippen molar-refractivity contribution in [3.63, 3.8) is 0 Å². The first-order valence-electron chi connectivity index (χ1n) is 8.98. The first-order valence-corrected chi connectivity index (χ1v) is 9.79. The molecule has 0 spiro atoms. The largest absolute Gasteiger partial charge is 0.293 e. The zero-order chi connectivity index (χ0) is 17.6. The van der Waals surface area contributed by atoms with Crippen molar-refractivity contribution in [1.29, 1.82) is 0 Å². The quantitative estimate of drug-likeness (QED) is 0.746. The smallest absolute Gasteiger partial charge is 0.232 e. The summed E-state index contributed by atoms with van der Waals surface area (Å²) < 4.78 is 1.60. The number of pyridine rings is 1. The SMILES string of the molecule is Cc1ccc(C(=O)CCC(=O)n2ccccc2=NC2CCCCC2)s1. The van der Waals surface area contributed by atoms with Crippen molar-refractivity contribution < 1.29 is 9.59 Å². The van der Waals surface area contributed by atoms with Crippen LogP contribution in [0.5, 0.6) is 0 Å². The van der Waals surface area contributed by atoms with Crippen LogP contribution in [0.25, 0.3) is 0 Å². The zero-order valence-corrected chi connectivity index (χ0v) is 15.4. The van der Waals surface area contributed by atoms with Crippen molar-refractivity contribution in [3.8, 4) is 0 Å². The fourth-order valence-electron chi connectivity index (χ4n) is 3.20. The third-order valence-corrected chi connectivity index (χ3v) is 5.62. The van der Waals surface area contributed by atoms with Crippen LogP contribution in [0.4, 0.5) is 0 Å². The molecule has 0 radical (unpaired) electrons. The lowest BCUT2D eigenvalue weighted by molar-refractivity contribution is 0.0860. The van der Waals surface area contributed by atoms with Crippen LogP contribution in [0, 0.1) is 6.92 Å². The van der Waals surface area contributed by atoms with Gasteiger partial charge in [0.25, 0.3) is 0 Å². The van der Waals surface area contributed by atoms with Gasteiger partial charge in [-0.3, -0.25) is 19.1 Å². The van der Waals surface area contributed by atoms with Gasteiger partial charge in [0.1, 0.15) is 5.49 Å². The fourth-order valence-corrected chi connectivity index (χ4v) is 4.03. The minimum atomic E-state index is -0.0724. The van der Waals surface area contributed by atoms with Gasteiger partial charge in [-0.25, -0.2) is 0 Å². The van der Waals surface area contributed by atoms with Crippen LogP contribution in [0.1, 0.15) is 64.3 Å². The Labute approximate surface area is 152 Å². The standard InChI is InChI=1S/C20H24N2O2S/c1-15-10-12-18(25-15)17(23)11-13-20(24)22-14-6-5-9-19(22)21-16-7-3-2-4-8-16/h5-6,9-10,12,14,16H,2-4,7-8,11,13H2,1H3. The van der Waals surface area contributed by atoms with Crippen LogP contribution >= 0.6 is 11.3 Å². The number of nitrogens with zero attached hydrogens (tertiary/aromatic N) is 2. The maximum absolute atomic E-state index is 12.6. The third kappa shape index (κ3) is 4.75. The molecule has 25 heavy (non-hydrogen) atoms. The van der Waals surface area contributed by atoms with E-state index in [1.165, 1.54) is 30.6 Å². The summed E-state index contributed by atoms with van der Waals surface area (Å²) in [5.74, 6) is -0.0365. The Kier molecular flexibility index (Phi) is 5.97. The van der Waals surface area contributed by atoms with E-state index in [1.807, 2.05) is 37.3 Å². The van der Waals surface area contributed by atoms with Crippen LogP contribution in [0.15, 0.2) is 41.5 Å². The molecule has 132 valence electrons. The highest BCUT2D eigenvalue weighted by atomic mass is 32.1. The summed E-state index contributed by atoms with van der Waals surface area (Å²) in [6.07, 6.45) is 8.10.